The molecule has 2 aromatic carbocycles. The van der Waals surface area contributed by atoms with Gasteiger partial charge in [0.05, 0.1) is 11.2 Å². The molecule has 1 aliphatic heterocycles. The maximum Gasteiger partial charge on any atom is 0.289 e. The zero-order valence-electron chi connectivity index (χ0n) is 15.2. The first-order valence-electron chi connectivity index (χ1n) is 9.05. The van der Waals surface area contributed by atoms with Crippen molar-refractivity contribution in [1.29, 1.82) is 0 Å². The van der Waals surface area contributed by atoms with E-state index in [1.807, 2.05) is 42.5 Å². The first kappa shape index (κ1) is 18.5. The van der Waals surface area contributed by atoms with Crippen LogP contribution in [0.1, 0.15) is 10.6 Å². The molecule has 4 rings (SSSR count). The molecule has 1 aromatic heterocycles. The summed E-state index contributed by atoms with van der Waals surface area (Å²) in [7, 11) is -3.67. The van der Waals surface area contributed by atoms with Gasteiger partial charge in [-0.15, -0.1) is 0 Å². The van der Waals surface area contributed by atoms with Crippen LogP contribution in [-0.2, 0) is 10.0 Å². The highest BCUT2D eigenvalue weighted by Gasteiger charge is 2.32. The van der Waals surface area contributed by atoms with Crippen molar-refractivity contribution in [3.05, 3.63) is 78.8 Å². The lowest BCUT2D eigenvalue weighted by Gasteiger charge is -2.33. The lowest BCUT2D eigenvalue weighted by Crippen LogP contribution is -2.50. The maximum atomic E-state index is 13.3. The van der Waals surface area contributed by atoms with E-state index >= 15 is 0 Å². The average molecular weight is 396 g/mol. The SMILES string of the molecule is O=C(c1ccco1)N1CCN(S(=O)(=O)c2ccccc2-c2ccccc2)CC1. The lowest BCUT2D eigenvalue weighted by atomic mass is 10.1. The van der Waals surface area contributed by atoms with Crippen LogP contribution in [0.25, 0.3) is 11.1 Å². The zero-order valence-corrected chi connectivity index (χ0v) is 16.0. The molecule has 0 atom stereocenters. The van der Waals surface area contributed by atoms with E-state index in [9.17, 15) is 13.2 Å². The number of furan rings is 1. The summed E-state index contributed by atoms with van der Waals surface area (Å²) in [6.45, 7) is 1.15. The molecule has 0 bridgehead atoms. The van der Waals surface area contributed by atoms with Crippen LogP contribution >= 0.6 is 0 Å². The summed E-state index contributed by atoms with van der Waals surface area (Å²) in [6, 6.07) is 19.8. The van der Waals surface area contributed by atoms with Crippen LogP contribution in [0, 0.1) is 0 Å². The van der Waals surface area contributed by atoms with Gasteiger partial charge in [0.2, 0.25) is 10.0 Å². The molecule has 0 aliphatic carbocycles. The van der Waals surface area contributed by atoms with Gasteiger partial charge >= 0.3 is 0 Å². The van der Waals surface area contributed by atoms with Crippen LogP contribution < -0.4 is 0 Å². The lowest BCUT2D eigenvalue weighted by molar-refractivity contribution is 0.0666. The van der Waals surface area contributed by atoms with Crippen LogP contribution in [0.5, 0.6) is 0 Å². The summed E-state index contributed by atoms with van der Waals surface area (Å²) >= 11 is 0. The number of carbonyl (C=O) groups excluding carboxylic acids is 1. The maximum absolute atomic E-state index is 13.3. The molecule has 3 aromatic rings. The second-order valence-corrected chi connectivity index (χ2v) is 8.44. The molecule has 7 heteroatoms. The van der Waals surface area contributed by atoms with E-state index in [1.165, 1.54) is 10.6 Å². The Morgan fingerprint density at radius 1 is 0.821 bits per heavy atom. The van der Waals surface area contributed by atoms with E-state index in [0.717, 1.165) is 5.56 Å². The predicted molar refractivity (Wildman–Crippen MR) is 105 cm³/mol. The predicted octanol–water partition coefficient (Wildman–Crippen LogP) is 3.09. The van der Waals surface area contributed by atoms with Gasteiger partial charge in [-0.2, -0.15) is 4.31 Å². The molecule has 28 heavy (non-hydrogen) atoms. The van der Waals surface area contributed by atoms with Gasteiger partial charge in [0.15, 0.2) is 5.76 Å². The summed E-state index contributed by atoms with van der Waals surface area (Å²) in [4.78, 5) is 14.3. The third kappa shape index (κ3) is 3.46. The Labute approximate surface area is 164 Å². The first-order chi connectivity index (χ1) is 13.6. The van der Waals surface area contributed by atoms with Gasteiger partial charge < -0.3 is 9.32 Å². The normalized spacial score (nSPS) is 15.5. The van der Waals surface area contributed by atoms with E-state index in [2.05, 4.69) is 0 Å². The fraction of sp³-hybridized carbons (Fsp3) is 0.190. The number of rotatable bonds is 4. The largest absolute Gasteiger partial charge is 0.459 e. The molecule has 6 nitrogen and oxygen atoms in total. The van der Waals surface area contributed by atoms with Crippen LogP contribution in [0.4, 0.5) is 0 Å². The highest BCUT2D eigenvalue weighted by atomic mass is 32.2. The second kappa shape index (κ2) is 7.61. The van der Waals surface area contributed by atoms with E-state index < -0.39 is 10.0 Å². The molecule has 0 radical (unpaired) electrons. The van der Waals surface area contributed by atoms with Gasteiger partial charge in [-0.05, 0) is 23.8 Å². The number of piperazine rings is 1. The van der Waals surface area contributed by atoms with Gasteiger partial charge in [-0.25, -0.2) is 8.42 Å². The van der Waals surface area contributed by atoms with Crippen LogP contribution in [0.15, 0.2) is 82.3 Å². The molecule has 0 saturated carbocycles. The third-order valence-electron chi connectivity index (χ3n) is 4.85. The number of amides is 1. The van der Waals surface area contributed by atoms with E-state index in [0.29, 0.717) is 18.7 Å². The fourth-order valence-corrected chi connectivity index (χ4v) is 5.01. The highest BCUT2D eigenvalue weighted by molar-refractivity contribution is 7.89. The van der Waals surface area contributed by atoms with Crippen molar-refractivity contribution in [3.63, 3.8) is 0 Å². The molecule has 2 heterocycles. The summed E-state index contributed by atoms with van der Waals surface area (Å²) in [5.74, 6) is 0.0532. The highest BCUT2D eigenvalue weighted by Crippen LogP contribution is 2.29. The van der Waals surface area contributed by atoms with Crippen LogP contribution in [0.2, 0.25) is 0 Å². The summed E-state index contributed by atoms with van der Waals surface area (Å²) < 4.78 is 33.2. The Morgan fingerprint density at radius 2 is 1.50 bits per heavy atom. The molecule has 0 unspecified atom stereocenters. The van der Waals surface area contributed by atoms with Crippen molar-refractivity contribution in [2.75, 3.05) is 26.2 Å². The third-order valence-corrected chi connectivity index (χ3v) is 6.80. The molecular formula is C21H20N2O4S. The molecule has 0 N–H and O–H groups in total. The minimum atomic E-state index is -3.67. The Kier molecular flexibility index (Phi) is 5.02. The Hall–Kier alpha value is -2.90. The fourth-order valence-electron chi connectivity index (χ4n) is 3.37. The number of nitrogens with zero attached hydrogens (tertiary/aromatic N) is 2. The smallest absolute Gasteiger partial charge is 0.289 e. The quantitative estimate of drug-likeness (QED) is 0.679. The van der Waals surface area contributed by atoms with Crippen molar-refractivity contribution in [1.82, 2.24) is 9.21 Å². The number of hydrogen-bond donors (Lipinski definition) is 0. The molecule has 1 amide bonds. The van der Waals surface area contributed by atoms with E-state index in [1.54, 1.807) is 29.2 Å². The Morgan fingerprint density at radius 3 is 2.18 bits per heavy atom. The van der Waals surface area contributed by atoms with E-state index in [4.69, 9.17) is 4.42 Å². The number of sulfonamides is 1. The van der Waals surface area contributed by atoms with Crippen LogP contribution in [0.3, 0.4) is 0 Å². The van der Waals surface area contributed by atoms with Gasteiger partial charge in [0.1, 0.15) is 0 Å². The number of hydrogen-bond acceptors (Lipinski definition) is 4. The molecule has 0 spiro atoms. The Bertz CT molecular complexity index is 1050. The minimum Gasteiger partial charge on any atom is -0.459 e. The monoisotopic (exact) mass is 396 g/mol. The molecule has 1 fully saturated rings. The van der Waals surface area contributed by atoms with Crippen LogP contribution in [-0.4, -0.2) is 49.7 Å². The van der Waals surface area contributed by atoms with Gasteiger partial charge in [0.25, 0.3) is 5.91 Å². The van der Waals surface area contributed by atoms with Gasteiger partial charge in [0, 0.05) is 31.7 Å². The molecule has 1 saturated heterocycles. The average Bonchev–Trinajstić information content (AvgIpc) is 3.29. The van der Waals surface area contributed by atoms with Crippen molar-refractivity contribution in [2.45, 2.75) is 4.90 Å². The second-order valence-electron chi connectivity index (χ2n) is 6.54. The standard InChI is InChI=1S/C21H20N2O4S/c24-21(19-10-6-16-27-19)22-12-14-23(15-13-22)28(25,26)20-11-5-4-9-18(20)17-7-2-1-3-8-17/h1-11,16H,12-15H2. The molecular weight excluding hydrogens is 376 g/mol. The van der Waals surface area contributed by atoms with E-state index in [-0.39, 0.29) is 29.7 Å². The van der Waals surface area contributed by atoms with Crippen molar-refractivity contribution in [2.24, 2.45) is 0 Å². The molecule has 144 valence electrons. The summed E-state index contributed by atoms with van der Waals surface area (Å²) in [5, 5.41) is 0. The Balaban J connectivity index is 1.55. The van der Waals surface area contributed by atoms with Crippen molar-refractivity contribution in [3.8, 4) is 11.1 Å². The summed E-state index contributed by atoms with van der Waals surface area (Å²) in [5.41, 5.74) is 1.53. The van der Waals surface area contributed by atoms with Gasteiger partial charge in [-0.1, -0.05) is 48.5 Å². The van der Waals surface area contributed by atoms with Crippen molar-refractivity contribution >= 4 is 15.9 Å². The zero-order chi connectivity index (χ0) is 19.6. The minimum absolute atomic E-state index is 0.216. The molecule has 1 aliphatic rings. The summed E-state index contributed by atoms with van der Waals surface area (Å²) in [6.07, 6.45) is 1.45. The van der Waals surface area contributed by atoms with Crippen molar-refractivity contribution < 1.29 is 17.6 Å². The first-order valence-corrected chi connectivity index (χ1v) is 10.5. The number of carbonyl (C=O) groups is 1. The number of benzene rings is 2. The topological polar surface area (TPSA) is 70.8 Å². The van der Waals surface area contributed by atoms with Gasteiger partial charge in [-0.3, -0.25) is 4.79 Å².